The summed E-state index contributed by atoms with van der Waals surface area (Å²) in [5.74, 6) is -0.710. The van der Waals surface area contributed by atoms with Crippen LogP contribution in [0.2, 0.25) is 0 Å². The minimum Gasteiger partial charge on any atom is -0.460 e. The molecule has 0 amide bonds. The number of hydrogen-bond acceptors (Lipinski definition) is 5. The van der Waals surface area contributed by atoms with Gasteiger partial charge in [-0.3, -0.25) is 4.79 Å². The number of carbonyl (C=O) groups is 2. The van der Waals surface area contributed by atoms with E-state index in [2.05, 4.69) is 4.85 Å². The Bertz CT molecular complexity index is 650. The van der Waals surface area contributed by atoms with Crippen LogP contribution >= 0.6 is 0 Å². The molecule has 0 saturated carbocycles. The molecule has 0 bridgehead atoms. The van der Waals surface area contributed by atoms with E-state index in [0.29, 0.717) is 25.1 Å². The average molecular weight is 359 g/mol. The molecule has 26 heavy (non-hydrogen) atoms. The van der Waals surface area contributed by atoms with Gasteiger partial charge in [0, 0.05) is 19.1 Å². The lowest BCUT2D eigenvalue weighted by Crippen LogP contribution is -2.23. The Balaban J connectivity index is 2.10. The first kappa shape index (κ1) is 21.4. The van der Waals surface area contributed by atoms with Crippen LogP contribution in [-0.2, 0) is 23.8 Å². The van der Waals surface area contributed by atoms with Crippen LogP contribution in [0.1, 0.15) is 39.2 Å². The summed E-state index contributed by atoms with van der Waals surface area (Å²) in [7, 11) is 0. The number of esters is 2. The Hall–Kier alpha value is -2.65. The fourth-order valence-corrected chi connectivity index (χ4v) is 1.89. The number of benzene rings is 1. The molecule has 0 heterocycles. The smallest absolute Gasteiger partial charge is 0.330 e. The molecule has 140 valence electrons. The molecule has 6 heteroatoms. The van der Waals surface area contributed by atoms with Crippen molar-refractivity contribution in [1.82, 2.24) is 0 Å². The molecule has 0 unspecified atom stereocenters. The van der Waals surface area contributed by atoms with Gasteiger partial charge in [-0.25, -0.2) is 9.64 Å². The van der Waals surface area contributed by atoms with Gasteiger partial charge in [0.2, 0.25) is 0 Å². The van der Waals surface area contributed by atoms with Crippen LogP contribution < -0.4 is 0 Å². The van der Waals surface area contributed by atoms with Gasteiger partial charge in [-0.1, -0.05) is 24.3 Å². The summed E-state index contributed by atoms with van der Waals surface area (Å²) in [5, 5.41) is 0. The van der Waals surface area contributed by atoms with Crippen LogP contribution in [0.15, 0.2) is 30.3 Å². The average Bonchev–Trinajstić information content (AvgIpc) is 2.58. The van der Waals surface area contributed by atoms with Gasteiger partial charge in [-0.05, 0) is 38.8 Å². The molecule has 0 aromatic heterocycles. The van der Waals surface area contributed by atoms with Gasteiger partial charge in [-0.15, -0.1) is 0 Å². The first-order valence-corrected chi connectivity index (χ1v) is 8.42. The number of nitrogens with zero attached hydrogens (tertiary/aromatic N) is 1. The Morgan fingerprint density at radius 3 is 2.42 bits per heavy atom. The van der Waals surface area contributed by atoms with Gasteiger partial charge in [0.25, 0.3) is 0 Å². The van der Waals surface area contributed by atoms with Gasteiger partial charge in [-0.2, -0.15) is 0 Å². The maximum absolute atomic E-state index is 11.6. The van der Waals surface area contributed by atoms with Crippen molar-refractivity contribution >= 4 is 23.7 Å². The Kier molecular flexibility index (Phi) is 9.10. The van der Waals surface area contributed by atoms with Crippen molar-refractivity contribution in [2.45, 2.75) is 39.2 Å². The predicted octanol–water partition coefficient (Wildman–Crippen LogP) is 3.93. The van der Waals surface area contributed by atoms with Crippen LogP contribution in [0.25, 0.3) is 10.9 Å². The highest BCUT2D eigenvalue weighted by Crippen LogP contribution is 2.13. The third-order valence-electron chi connectivity index (χ3n) is 3.00. The van der Waals surface area contributed by atoms with E-state index in [9.17, 15) is 9.59 Å². The Morgan fingerprint density at radius 1 is 1.12 bits per heavy atom. The molecular weight excluding hydrogens is 334 g/mol. The minimum atomic E-state index is -0.474. The van der Waals surface area contributed by atoms with Crippen LogP contribution in [0.4, 0.5) is 5.69 Å². The minimum absolute atomic E-state index is 0.145. The molecule has 1 aromatic rings. The maximum atomic E-state index is 11.6. The van der Waals surface area contributed by atoms with Crippen LogP contribution in [0, 0.1) is 6.57 Å². The van der Waals surface area contributed by atoms with Crippen LogP contribution in [0.3, 0.4) is 0 Å². The second-order valence-electron chi connectivity index (χ2n) is 6.51. The van der Waals surface area contributed by atoms with E-state index in [-0.39, 0.29) is 19.2 Å². The summed E-state index contributed by atoms with van der Waals surface area (Å²) >= 11 is 0. The number of ether oxygens (including phenoxy) is 3. The molecule has 1 aromatic carbocycles. The number of hydrogen-bond donors (Lipinski definition) is 0. The van der Waals surface area contributed by atoms with Crippen molar-refractivity contribution in [3.8, 4) is 0 Å². The highest BCUT2D eigenvalue weighted by molar-refractivity contribution is 5.87. The maximum Gasteiger partial charge on any atom is 0.330 e. The molecule has 0 aliphatic heterocycles. The van der Waals surface area contributed by atoms with Crippen molar-refractivity contribution in [2.75, 3.05) is 19.8 Å². The van der Waals surface area contributed by atoms with Crippen LogP contribution in [0.5, 0.6) is 0 Å². The molecular formula is C20H25NO5. The molecule has 0 aliphatic rings. The van der Waals surface area contributed by atoms with E-state index in [1.54, 1.807) is 30.3 Å². The van der Waals surface area contributed by atoms with Gasteiger partial charge in [0.15, 0.2) is 5.69 Å². The summed E-state index contributed by atoms with van der Waals surface area (Å²) < 4.78 is 15.5. The Morgan fingerprint density at radius 2 is 1.81 bits per heavy atom. The monoisotopic (exact) mass is 359 g/mol. The van der Waals surface area contributed by atoms with E-state index in [1.165, 1.54) is 6.08 Å². The quantitative estimate of drug-likeness (QED) is 0.289. The van der Waals surface area contributed by atoms with Crippen molar-refractivity contribution < 1.29 is 23.8 Å². The van der Waals surface area contributed by atoms with Gasteiger partial charge < -0.3 is 14.2 Å². The summed E-state index contributed by atoms with van der Waals surface area (Å²) in [5.41, 5.74) is 0.889. The molecule has 0 saturated heterocycles. The molecule has 0 fully saturated rings. The molecule has 0 aliphatic carbocycles. The standard InChI is InChI=1S/C20H25NO5/c1-20(2,3)26-19(23)6-5-13-24-14-15-25-18(22)12-9-16-7-10-17(21-4)11-8-16/h7-12H,5-6,13-15H2,1-3H3/b12-9+. The summed E-state index contributed by atoms with van der Waals surface area (Å²) in [4.78, 5) is 26.4. The summed E-state index contributed by atoms with van der Waals surface area (Å²) in [6, 6.07) is 6.88. The second kappa shape index (κ2) is 11.1. The Labute approximate surface area is 154 Å². The zero-order valence-electron chi connectivity index (χ0n) is 15.5. The predicted molar refractivity (Wildman–Crippen MR) is 98.6 cm³/mol. The molecule has 0 N–H and O–H groups in total. The van der Waals surface area contributed by atoms with Crippen molar-refractivity contribution in [2.24, 2.45) is 0 Å². The van der Waals surface area contributed by atoms with Crippen molar-refractivity contribution in [3.63, 3.8) is 0 Å². The second-order valence-corrected chi connectivity index (χ2v) is 6.51. The van der Waals surface area contributed by atoms with E-state index in [1.807, 2.05) is 20.8 Å². The summed E-state index contributed by atoms with van der Waals surface area (Å²) in [6.07, 6.45) is 3.81. The highest BCUT2D eigenvalue weighted by Gasteiger charge is 2.15. The third-order valence-corrected chi connectivity index (χ3v) is 3.00. The topological polar surface area (TPSA) is 66.2 Å². The molecule has 1 rings (SSSR count). The highest BCUT2D eigenvalue weighted by atomic mass is 16.6. The van der Waals surface area contributed by atoms with E-state index in [4.69, 9.17) is 20.8 Å². The van der Waals surface area contributed by atoms with E-state index in [0.717, 1.165) is 5.56 Å². The first-order valence-electron chi connectivity index (χ1n) is 8.42. The third kappa shape index (κ3) is 10.3. The molecule has 0 spiro atoms. The van der Waals surface area contributed by atoms with Gasteiger partial charge >= 0.3 is 11.9 Å². The normalized spacial score (nSPS) is 11.2. The van der Waals surface area contributed by atoms with Crippen molar-refractivity contribution in [3.05, 3.63) is 47.3 Å². The fourth-order valence-electron chi connectivity index (χ4n) is 1.89. The van der Waals surface area contributed by atoms with Gasteiger partial charge in [0.05, 0.1) is 13.2 Å². The largest absolute Gasteiger partial charge is 0.460 e. The lowest BCUT2D eigenvalue weighted by Gasteiger charge is -2.19. The fraction of sp³-hybridized carbons (Fsp3) is 0.450. The lowest BCUT2D eigenvalue weighted by atomic mass is 10.2. The summed E-state index contributed by atoms with van der Waals surface area (Å²) in [6.45, 7) is 13.2. The molecule has 6 nitrogen and oxygen atoms in total. The molecule has 0 atom stereocenters. The number of carbonyl (C=O) groups excluding carboxylic acids is 2. The number of rotatable bonds is 9. The zero-order valence-corrected chi connectivity index (χ0v) is 15.5. The SMILES string of the molecule is [C-]#[N+]c1ccc(/C=C/C(=O)OCCOCCCC(=O)OC(C)(C)C)cc1. The van der Waals surface area contributed by atoms with E-state index >= 15 is 0 Å². The lowest BCUT2D eigenvalue weighted by molar-refractivity contribution is -0.155. The van der Waals surface area contributed by atoms with E-state index < -0.39 is 11.6 Å². The molecule has 0 radical (unpaired) electrons. The first-order chi connectivity index (χ1) is 12.3. The van der Waals surface area contributed by atoms with Gasteiger partial charge in [0.1, 0.15) is 12.2 Å². The van der Waals surface area contributed by atoms with Crippen molar-refractivity contribution in [1.29, 1.82) is 0 Å². The zero-order chi connectivity index (χ0) is 19.4. The van der Waals surface area contributed by atoms with Crippen LogP contribution in [-0.4, -0.2) is 37.4 Å².